The molecule has 0 radical (unpaired) electrons. The first-order valence-corrected chi connectivity index (χ1v) is 8.49. The van der Waals surface area contributed by atoms with Gasteiger partial charge in [-0.25, -0.2) is 0 Å². The van der Waals surface area contributed by atoms with Gasteiger partial charge in [-0.1, -0.05) is 0 Å². The topological polar surface area (TPSA) is 83.2 Å². The summed E-state index contributed by atoms with van der Waals surface area (Å²) < 4.78 is 6.98. The summed E-state index contributed by atoms with van der Waals surface area (Å²) in [4.78, 5) is 15.6. The van der Waals surface area contributed by atoms with Crippen LogP contribution in [0.4, 0.5) is 0 Å². The van der Waals surface area contributed by atoms with Crippen LogP contribution in [0.3, 0.4) is 0 Å². The number of hydrogen-bond donors (Lipinski definition) is 1. The number of aryl methyl sites for hydroxylation is 1. The average molecular weight is 361 g/mol. The third kappa shape index (κ3) is 2.43. The van der Waals surface area contributed by atoms with Crippen LogP contribution in [-0.2, 0) is 6.42 Å². The number of hydrogen-bond acceptors (Lipinski definition) is 4. The van der Waals surface area contributed by atoms with Crippen LogP contribution >= 0.6 is 0 Å². The normalized spacial score (nSPS) is 15.0. The third-order valence-corrected chi connectivity index (χ3v) is 6.02. The number of fused-ring (bicyclic) bond motifs is 1. The maximum absolute atomic E-state index is 11.2. The second-order valence-electron chi connectivity index (χ2n) is 5.90. The Balaban J connectivity index is 2.13. The van der Waals surface area contributed by atoms with E-state index in [1.807, 2.05) is 19.9 Å². The molecule has 0 spiro atoms. The molecule has 1 aliphatic heterocycles. The summed E-state index contributed by atoms with van der Waals surface area (Å²) in [5, 5.41) is 18.5. The van der Waals surface area contributed by atoms with Crippen molar-refractivity contribution in [3.63, 3.8) is 0 Å². The predicted octanol–water partition coefficient (Wildman–Crippen LogP) is 2.40. The van der Waals surface area contributed by atoms with E-state index in [0.717, 1.165) is 22.1 Å². The van der Waals surface area contributed by atoms with E-state index in [0.29, 0.717) is 21.4 Å². The Kier molecular flexibility index (Phi) is 3.35. The van der Waals surface area contributed by atoms with Gasteiger partial charge in [0.25, 0.3) is 0 Å². The molecule has 0 fully saturated rings. The van der Waals surface area contributed by atoms with Crippen molar-refractivity contribution in [3.05, 3.63) is 33.4 Å². The molecule has 22 heavy (non-hydrogen) atoms. The number of nitriles is 1. The summed E-state index contributed by atoms with van der Waals surface area (Å²) in [5.41, 5.74) is 2.53. The number of carbonyl (C=O) groups is 1. The molecule has 6 heteroatoms. The number of aromatic carboxylic acids is 1. The van der Waals surface area contributed by atoms with Crippen molar-refractivity contribution < 1.29 is 14.6 Å². The van der Waals surface area contributed by atoms with Crippen LogP contribution in [0.2, 0.25) is 0 Å². The van der Waals surface area contributed by atoms with Crippen molar-refractivity contribution >= 4 is 20.5 Å². The summed E-state index contributed by atoms with van der Waals surface area (Å²) in [5.74, 6) is -0.270. The standard InChI is InChI=1S/C16H14N2O3Se/c1-8-13(15(19)20)22-14(18-8)9-4-10-6-16(2,3)21-12(10)11(5-9)7-17/h4-5H,6H2,1-3H3,(H,19,20). The van der Waals surface area contributed by atoms with Gasteiger partial charge in [-0.05, 0) is 0 Å². The monoisotopic (exact) mass is 362 g/mol. The van der Waals surface area contributed by atoms with Gasteiger partial charge in [0, 0.05) is 0 Å². The Bertz CT molecular complexity index is 831. The van der Waals surface area contributed by atoms with Crippen LogP contribution in [0.25, 0.3) is 10.1 Å². The van der Waals surface area contributed by atoms with E-state index in [1.54, 1.807) is 13.0 Å². The Labute approximate surface area is 133 Å². The molecule has 1 aromatic heterocycles. The SMILES string of the molecule is Cc1nc(-c2cc(C#N)c3c(c2)CC(C)(C)O3)[se]c1C(=O)O. The third-order valence-electron chi connectivity index (χ3n) is 3.52. The number of rotatable bonds is 2. The quantitative estimate of drug-likeness (QED) is 0.831. The summed E-state index contributed by atoms with van der Waals surface area (Å²) in [6.07, 6.45) is 0.726. The van der Waals surface area contributed by atoms with Crippen LogP contribution in [0, 0.1) is 18.3 Å². The predicted molar refractivity (Wildman–Crippen MR) is 81.4 cm³/mol. The molecule has 0 saturated carbocycles. The number of nitrogens with zero attached hydrogens (tertiary/aromatic N) is 2. The van der Waals surface area contributed by atoms with Gasteiger partial charge >= 0.3 is 133 Å². The van der Waals surface area contributed by atoms with Crippen molar-refractivity contribution in [2.75, 3.05) is 0 Å². The zero-order valence-electron chi connectivity index (χ0n) is 12.4. The molecular formula is C16H14N2O3Se. The van der Waals surface area contributed by atoms with Crippen LogP contribution in [-0.4, -0.2) is 36.2 Å². The van der Waals surface area contributed by atoms with Crippen LogP contribution in [0.1, 0.15) is 39.9 Å². The molecule has 0 atom stereocenters. The number of benzene rings is 1. The summed E-state index contributed by atoms with van der Waals surface area (Å²) in [6.45, 7) is 5.68. The van der Waals surface area contributed by atoms with Crippen LogP contribution in [0.15, 0.2) is 12.1 Å². The number of carboxylic acid groups (broad SMARTS) is 1. The first-order valence-electron chi connectivity index (χ1n) is 6.78. The maximum atomic E-state index is 11.2. The van der Waals surface area contributed by atoms with Gasteiger partial charge in [-0.2, -0.15) is 0 Å². The van der Waals surface area contributed by atoms with Gasteiger partial charge in [0.1, 0.15) is 0 Å². The van der Waals surface area contributed by atoms with Crippen molar-refractivity contribution in [2.24, 2.45) is 0 Å². The molecule has 0 unspecified atom stereocenters. The van der Waals surface area contributed by atoms with Gasteiger partial charge < -0.3 is 0 Å². The molecule has 1 aromatic carbocycles. The number of carboxylic acids is 1. The fourth-order valence-electron chi connectivity index (χ4n) is 2.64. The Hall–Kier alpha value is -2.09. The molecule has 2 aromatic rings. The van der Waals surface area contributed by atoms with Gasteiger partial charge in [0.2, 0.25) is 0 Å². The summed E-state index contributed by atoms with van der Waals surface area (Å²) in [7, 11) is 0. The van der Waals surface area contributed by atoms with E-state index >= 15 is 0 Å². The second kappa shape index (κ2) is 4.98. The first kappa shape index (κ1) is 14.8. The van der Waals surface area contributed by atoms with Crippen LogP contribution < -0.4 is 4.74 Å². The van der Waals surface area contributed by atoms with Crippen molar-refractivity contribution in [2.45, 2.75) is 32.8 Å². The zero-order valence-corrected chi connectivity index (χ0v) is 14.1. The summed E-state index contributed by atoms with van der Waals surface area (Å²) in [6, 6.07) is 5.90. The first-order chi connectivity index (χ1) is 10.3. The number of aromatic nitrogens is 1. The van der Waals surface area contributed by atoms with E-state index in [4.69, 9.17) is 4.74 Å². The molecule has 0 amide bonds. The van der Waals surface area contributed by atoms with Crippen molar-refractivity contribution in [3.8, 4) is 22.0 Å². The molecule has 1 N–H and O–H groups in total. The van der Waals surface area contributed by atoms with E-state index in [1.165, 1.54) is 0 Å². The van der Waals surface area contributed by atoms with Crippen LogP contribution in [0.5, 0.6) is 5.75 Å². The second-order valence-corrected chi connectivity index (χ2v) is 8.00. The van der Waals surface area contributed by atoms with E-state index < -0.39 is 5.97 Å². The molecular weight excluding hydrogens is 347 g/mol. The van der Waals surface area contributed by atoms with Gasteiger partial charge in [0.05, 0.1) is 0 Å². The summed E-state index contributed by atoms with van der Waals surface area (Å²) >= 11 is -0.341. The Morgan fingerprint density at radius 2 is 2.23 bits per heavy atom. The molecule has 0 saturated heterocycles. The van der Waals surface area contributed by atoms with Gasteiger partial charge in [-0.3, -0.25) is 0 Å². The molecule has 112 valence electrons. The van der Waals surface area contributed by atoms with Crippen molar-refractivity contribution in [1.29, 1.82) is 5.26 Å². The average Bonchev–Trinajstić information content (AvgIpc) is 2.95. The molecule has 0 bridgehead atoms. The Morgan fingerprint density at radius 3 is 2.82 bits per heavy atom. The molecule has 5 nitrogen and oxygen atoms in total. The Morgan fingerprint density at radius 1 is 1.50 bits per heavy atom. The molecule has 1 aliphatic rings. The molecule has 3 rings (SSSR count). The fraction of sp³-hybridized carbons (Fsp3) is 0.312. The zero-order chi connectivity index (χ0) is 16.1. The van der Waals surface area contributed by atoms with Gasteiger partial charge in [-0.15, -0.1) is 0 Å². The minimum atomic E-state index is -0.914. The van der Waals surface area contributed by atoms with E-state index in [9.17, 15) is 15.2 Å². The van der Waals surface area contributed by atoms with Crippen molar-refractivity contribution in [1.82, 2.24) is 4.98 Å². The van der Waals surface area contributed by atoms with Gasteiger partial charge in [0.15, 0.2) is 0 Å². The fourth-order valence-corrected chi connectivity index (χ4v) is 4.51. The number of ether oxygens (including phenoxy) is 1. The molecule has 2 heterocycles. The van der Waals surface area contributed by atoms with E-state index in [-0.39, 0.29) is 20.1 Å². The molecule has 0 aliphatic carbocycles. The minimum absolute atomic E-state index is 0.324. The van der Waals surface area contributed by atoms with E-state index in [2.05, 4.69) is 11.1 Å².